The SMILES string of the molecule is CC(C)c1nc2c(C=O)cccc2s1. The van der Waals surface area contributed by atoms with E-state index in [4.69, 9.17) is 0 Å². The Labute approximate surface area is 86.6 Å². The molecule has 1 aromatic carbocycles. The van der Waals surface area contributed by atoms with Crippen molar-refractivity contribution in [3.05, 3.63) is 28.8 Å². The molecule has 0 fully saturated rings. The van der Waals surface area contributed by atoms with Crippen molar-refractivity contribution in [2.24, 2.45) is 0 Å². The molecule has 1 aromatic heterocycles. The predicted molar refractivity (Wildman–Crippen MR) is 59.1 cm³/mol. The molecule has 0 spiro atoms. The molecular weight excluding hydrogens is 194 g/mol. The zero-order valence-electron chi connectivity index (χ0n) is 8.15. The van der Waals surface area contributed by atoms with E-state index in [1.165, 1.54) is 0 Å². The molecule has 0 aliphatic rings. The van der Waals surface area contributed by atoms with E-state index < -0.39 is 0 Å². The number of hydrogen-bond acceptors (Lipinski definition) is 3. The highest BCUT2D eigenvalue weighted by Crippen LogP contribution is 2.28. The molecule has 1 heterocycles. The molecule has 0 atom stereocenters. The lowest BCUT2D eigenvalue weighted by molar-refractivity contribution is 0.112. The van der Waals surface area contributed by atoms with Gasteiger partial charge in [0.25, 0.3) is 0 Å². The first-order valence-corrected chi connectivity index (χ1v) is 5.38. The maximum Gasteiger partial charge on any atom is 0.152 e. The monoisotopic (exact) mass is 205 g/mol. The standard InChI is InChI=1S/C11H11NOS/c1-7(2)11-12-10-8(6-13)4-3-5-9(10)14-11/h3-7H,1-2H3. The first-order chi connectivity index (χ1) is 6.72. The van der Waals surface area contributed by atoms with Gasteiger partial charge in [0.15, 0.2) is 6.29 Å². The van der Waals surface area contributed by atoms with Crippen LogP contribution in [0.25, 0.3) is 10.2 Å². The van der Waals surface area contributed by atoms with Crippen LogP contribution in [0.1, 0.15) is 35.1 Å². The minimum Gasteiger partial charge on any atom is -0.298 e. The summed E-state index contributed by atoms with van der Waals surface area (Å²) in [5.74, 6) is 0.423. The largest absolute Gasteiger partial charge is 0.298 e. The average molecular weight is 205 g/mol. The lowest BCUT2D eigenvalue weighted by atomic mass is 10.2. The predicted octanol–water partition coefficient (Wildman–Crippen LogP) is 3.23. The summed E-state index contributed by atoms with van der Waals surface area (Å²) in [7, 11) is 0. The van der Waals surface area contributed by atoms with Gasteiger partial charge in [-0.3, -0.25) is 4.79 Å². The molecule has 0 unspecified atom stereocenters. The molecule has 0 N–H and O–H groups in total. The Morgan fingerprint density at radius 2 is 2.21 bits per heavy atom. The van der Waals surface area contributed by atoms with Crippen molar-refractivity contribution in [1.29, 1.82) is 0 Å². The summed E-state index contributed by atoms with van der Waals surface area (Å²) in [6.07, 6.45) is 0.867. The average Bonchev–Trinajstić information content (AvgIpc) is 2.60. The Balaban J connectivity index is 2.70. The van der Waals surface area contributed by atoms with Crippen molar-refractivity contribution >= 4 is 27.8 Å². The van der Waals surface area contributed by atoms with Crippen molar-refractivity contribution in [3.8, 4) is 0 Å². The zero-order valence-corrected chi connectivity index (χ0v) is 8.97. The highest BCUT2D eigenvalue weighted by Gasteiger charge is 2.09. The van der Waals surface area contributed by atoms with Crippen LogP contribution in [0.2, 0.25) is 0 Å². The van der Waals surface area contributed by atoms with E-state index in [1.54, 1.807) is 17.4 Å². The van der Waals surface area contributed by atoms with Crippen LogP contribution in [-0.2, 0) is 0 Å². The molecule has 0 amide bonds. The Morgan fingerprint density at radius 3 is 2.86 bits per heavy atom. The first-order valence-electron chi connectivity index (χ1n) is 4.57. The fourth-order valence-electron chi connectivity index (χ4n) is 1.33. The number of thiazole rings is 1. The third-order valence-corrected chi connectivity index (χ3v) is 3.41. The number of rotatable bonds is 2. The van der Waals surface area contributed by atoms with E-state index in [-0.39, 0.29) is 0 Å². The van der Waals surface area contributed by atoms with Gasteiger partial charge in [-0.25, -0.2) is 4.98 Å². The maximum absolute atomic E-state index is 10.8. The van der Waals surface area contributed by atoms with Crippen LogP contribution in [0.5, 0.6) is 0 Å². The van der Waals surface area contributed by atoms with Gasteiger partial charge in [0.1, 0.15) is 0 Å². The van der Waals surface area contributed by atoms with Crippen molar-refractivity contribution < 1.29 is 4.79 Å². The molecular formula is C11H11NOS. The molecule has 2 aromatic rings. The second-order valence-electron chi connectivity index (χ2n) is 3.52. The summed E-state index contributed by atoms with van der Waals surface area (Å²) < 4.78 is 1.10. The highest BCUT2D eigenvalue weighted by atomic mass is 32.1. The Kier molecular flexibility index (Phi) is 2.33. The Bertz CT molecular complexity index is 473. The molecule has 2 rings (SSSR count). The number of aromatic nitrogens is 1. The van der Waals surface area contributed by atoms with E-state index in [0.29, 0.717) is 11.5 Å². The Morgan fingerprint density at radius 1 is 1.43 bits per heavy atom. The quantitative estimate of drug-likeness (QED) is 0.704. The summed E-state index contributed by atoms with van der Waals surface area (Å²) in [6.45, 7) is 4.22. The highest BCUT2D eigenvalue weighted by molar-refractivity contribution is 7.18. The van der Waals surface area contributed by atoms with E-state index in [9.17, 15) is 4.79 Å². The zero-order chi connectivity index (χ0) is 10.1. The molecule has 14 heavy (non-hydrogen) atoms. The van der Waals surface area contributed by atoms with Crippen molar-refractivity contribution in [2.45, 2.75) is 19.8 Å². The van der Waals surface area contributed by atoms with Crippen molar-refractivity contribution in [1.82, 2.24) is 4.98 Å². The molecule has 0 aliphatic carbocycles. The molecule has 72 valence electrons. The molecule has 2 nitrogen and oxygen atoms in total. The number of para-hydroxylation sites is 1. The van der Waals surface area contributed by atoms with Gasteiger partial charge in [0.05, 0.1) is 15.2 Å². The van der Waals surface area contributed by atoms with Crippen molar-refractivity contribution in [2.75, 3.05) is 0 Å². The van der Waals surface area contributed by atoms with Crippen LogP contribution in [0.3, 0.4) is 0 Å². The van der Waals surface area contributed by atoms with E-state index in [1.807, 2.05) is 12.1 Å². The normalized spacial score (nSPS) is 11.1. The number of nitrogens with zero attached hydrogens (tertiary/aromatic N) is 1. The van der Waals surface area contributed by atoms with Crippen LogP contribution >= 0.6 is 11.3 Å². The molecule has 0 radical (unpaired) electrons. The first kappa shape index (κ1) is 9.34. The number of carbonyl (C=O) groups excluding carboxylic acids is 1. The Hall–Kier alpha value is -1.22. The van der Waals surface area contributed by atoms with Gasteiger partial charge < -0.3 is 0 Å². The number of carbonyl (C=O) groups is 1. The second-order valence-corrected chi connectivity index (χ2v) is 4.58. The smallest absolute Gasteiger partial charge is 0.152 e. The van der Waals surface area contributed by atoms with Gasteiger partial charge >= 0.3 is 0 Å². The summed E-state index contributed by atoms with van der Waals surface area (Å²) in [6, 6.07) is 5.71. The van der Waals surface area contributed by atoms with Gasteiger partial charge in [-0.15, -0.1) is 11.3 Å². The lowest BCUT2D eigenvalue weighted by Crippen LogP contribution is -1.85. The van der Waals surface area contributed by atoms with Gasteiger partial charge in [-0.1, -0.05) is 19.9 Å². The fraction of sp³-hybridized carbons (Fsp3) is 0.273. The second kappa shape index (κ2) is 3.50. The van der Waals surface area contributed by atoms with E-state index in [0.717, 1.165) is 21.5 Å². The van der Waals surface area contributed by atoms with E-state index >= 15 is 0 Å². The third kappa shape index (κ3) is 1.44. The molecule has 3 heteroatoms. The molecule has 0 saturated heterocycles. The summed E-state index contributed by atoms with van der Waals surface area (Å²) in [5.41, 5.74) is 1.53. The summed E-state index contributed by atoms with van der Waals surface area (Å²) in [5, 5.41) is 1.09. The van der Waals surface area contributed by atoms with Crippen LogP contribution < -0.4 is 0 Å². The fourth-order valence-corrected chi connectivity index (χ4v) is 2.33. The number of benzene rings is 1. The maximum atomic E-state index is 10.8. The number of aldehydes is 1. The van der Waals surface area contributed by atoms with Crippen LogP contribution in [-0.4, -0.2) is 11.3 Å². The molecule has 0 saturated carbocycles. The molecule has 0 aliphatic heterocycles. The van der Waals surface area contributed by atoms with Gasteiger partial charge in [0, 0.05) is 11.5 Å². The minimum absolute atomic E-state index is 0.423. The van der Waals surface area contributed by atoms with Crippen LogP contribution in [0.4, 0.5) is 0 Å². The van der Waals surface area contributed by atoms with Gasteiger partial charge in [0.2, 0.25) is 0 Å². The molecule has 0 bridgehead atoms. The number of fused-ring (bicyclic) bond motifs is 1. The lowest BCUT2D eigenvalue weighted by Gasteiger charge is -1.94. The van der Waals surface area contributed by atoms with Gasteiger partial charge in [-0.2, -0.15) is 0 Å². The van der Waals surface area contributed by atoms with E-state index in [2.05, 4.69) is 18.8 Å². The van der Waals surface area contributed by atoms with Gasteiger partial charge in [-0.05, 0) is 12.1 Å². The third-order valence-electron chi connectivity index (χ3n) is 2.09. The van der Waals surface area contributed by atoms with Crippen LogP contribution in [0, 0.1) is 0 Å². The minimum atomic E-state index is 0.423. The topological polar surface area (TPSA) is 30.0 Å². The summed E-state index contributed by atoms with van der Waals surface area (Å²) >= 11 is 1.66. The summed E-state index contributed by atoms with van der Waals surface area (Å²) in [4.78, 5) is 15.2. The number of hydrogen-bond donors (Lipinski definition) is 0. The van der Waals surface area contributed by atoms with Crippen molar-refractivity contribution in [3.63, 3.8) is 0 Å². The van der Waals surface area contributed by atoms with Crippen LogP contribution in [0.15, 0.2) is 18.2 Å².